The predicted octanol–water partition coefficient (Wildman–Crippen LogP) is 3.58. The molecule has 0 fully saturated rings. The number of pyridine rings is 1. The van der Waals surface area contributed by atoms with Gasteiger partial charge in [0.2, 0.25) is 0 Å². The van der Waals surface area contributed by atoms with E-state index in [9.17, 15) is 4.79 Å². The van der Waals surface area contributed by atoms with Gasteiger partial charge in [-0.15, -0.1) is 0 Å². The second kappa shape index (κ2) is 7.11. The number of para-hydroxylation sites is 1. The zero-order chi connectivity index (χ0) is 16.1. The standard InChI is InChI=1S/C18H15ClN2O2/c19-15-7-1-4-13(10-15)11-21-17(22)12-23-16-8-2-5-14-6-3-9-20-18(14)16/h1-10H,11-12H2,(H,21,22). The number of carbonyl (C=O) groups is 1. The predicted molar refractivity (Wildman–Crippen MR) is 90.5 cm³/mol. The van der Waals surface area contributed by atoms with E-state index >= 15 is 0 Å². The summed E-state index contributed by atoms with van der Waals surface area (Å²) in [6, 6.07) is 16.8. The van der Waals surface area contributed by atoms with Crippen LogP contribution < -0.4 is 10.1 Å². The summed E-state index contributed by atoms with van der Waals surface area (Å²) in [5.74, 6) is 0.402. The fourth-order valence-electron chi connectivity index (χ4n) is 2.23. The van der Waals surface area contributed by atoms with E-state index in [4.69, 9.17) is 16.3 Å². The highest BCUT2D eigenvalue weighted by atomic mass is 35.5. The van der Waals surface area contributed by atoms with Crippen molar-refractivity contribution in [1.82, 2.24) is 10.3 Å². The minimum absolute atomic E-state index is 0.0593. The summed E-state index contributed by atoms with van der Waals surface area (Å²) in [6.07, 6.45) is 1.70. The van der Waals surface area contributed by atoms with E-state index in [2.05, 4.69) is 10.3 Å². The van der Waals surface area contributed by atoms with Crippen molar-refractivity contribution in [3.63, 3.8) is 0 Å². The third-order valence-electron chi connectivity index (χ3n) is 3.33. The Bertz CT molecular complexity index is 831. The molecule has 23 heavy (non-hydrogen) atoms. The Morgan fingerprint density at radius 2 is 1.96 bits per heavy atom. The van der Waals surface area contributed by atoms with Crippen molar-refractivity contribution in [2.45, 2.75) is 6.54 Å². The summed E-state index contributed by atoms with van der Waals surface area (Å²) in [7, 11) is 0. The van der Waals surface area contributed by atoms with E-state index in [0.29, 0.717) is 17.3 Å². The Balaban J connectivity index is 1.58. The molecule has 1 amide bonds. The van der Waals surface area contributed by atoms with Crippen LogP contribution in [0.5, 0.6) is 5.75 Å². The second-order valence-corrected chi connectivity index (χ2v) is 5.46. The van der Waals surface area contributed by atoms with Crippen LogP contribution in [0.15, 0.2) is 60.8 Å². The molecule has 0 aliphatic rings. The van der Waals surface area contributed by atoms with Crippen LogP contribution in [-0.4, -0.2) is 17.5 Å². The van der Waals surface area contributed by atoms with Crippen LogP contribution in [0.1, 0.15) is 5.56 Å². The zero-order valence-corrected chi connectivity index (χ0v) is 13.1. The van der Waals surface area contributed by atoms with E-state index in [0.717, 1.165) is 16.5 Å². The van der Waals surface area contributed by atoms with Crippen molar-refractivity contribution < 1.29 is 9.53 Å². The van der Waals surface area contributed by atoms with Gasteiger partial charge in [-0.1, -0.05) is 41.9 Å². The van der Waals surface area contributed by atoms with Gasteiger partial charge >= 0.3 is 0 Å². The number of ether oxygens (including phenoxy) is 1. The Hall–Kier alpha value is -2.59. The second-order valence-electron chi connectivity index (χ2n) is 5.03. The molecule has 3 aromatic rings. The van der Waals surface area contributed by atoms with E-state index < -0.39 is 0 Å². The van der Waals surface area contributed by atoms with Gasteiger partial charge in [0.05, 0.1) is 0 Å². The molecule has 1 heterocycles. The maximum Gasteiger partial charge on any atom is 0.258 e. The Morgan fingerprint density at radius 1 is 1.13 bits per heavy atom. The first kappa shape index (κ1) is 15.3. The van der Waals surface area contributed by atoms with Crippen LogP contribution in [-0.2, 0) is 11.3 Å². The Labute approximate surface area is 139 Å². The van der Waals surface area contributed by atoms with Crippen LogP contribution in [0.25, 0.3) is 10.9 Å². The minimum atomic E-state index is -0.196. The molecular formula is C18H15ClN2O2. The summed E-state index contributed by atoms with van der Waals surface area (Å²) in [5, 5.41) is 4.43. The normalized spacial score (nSPS) is 10.5. The van der Waals surface area contributed by atoms with Gasteiger partial charge in [-0.3, -0.25) is 9.78 Å². The van der Waals surface area contributed by atoms with E-state index in [1.807, 2.05) is 42.5 Å². The monoisotopic (exact) mass is 326 g/mol. The van der Waals surface area contributed by atoms with Crippen molar-refractivity contribution in [2.24, 2.45) is 0 Å². The fraction of sp³-hybridized carbons (Fsp3) is 0.111. The maximum absolute atomic E-state index is 11.9. The Morgan fingerprint density at radius 3 is 2.83 bits per heavy atom. The van der Waals surface area contributed by atoms with Crippen LogP contribution >= 0.6 is 11.6 Å². The highest BCUT2D eigenvalue weighted by Crippen LogP contribution is 2.22. The maximum atomic E-state index is 11.9. The molecule has 0 saturated heterocycles. The van der Waals surface area contributed by atoms with E-state index in [1.54, 1.807) is 18.3 Å². The van der Waals surface area contributed by atoms with Gasteiger partial charge in [0, 0.05) is 23.2 Å². The molecule has 0 radical (unpaired) electrons. The summed E-state index contributed by atoms with van der Waals surface area (Å²) in [6.45, 7) is 0.354. The summed E-state index contributed by atoms with van der Waals surface area (Å²) in [4.78, 5) is 16.2. The number of hydrogen-bond acceptors (Lipinski definition) is 3. The first-order valence-corrected chi connectivity index (χ1v) is 7.58. The van der Waals surface area contributed by atoms with Gasteiger partial charge in [0.25, 0.3) is 5.91 Å². The minimum Gasteiger partial charge on any atom is -0.481 e. The van der Waals surface area contributed by atoms with Crippen molar-refractivity contribution in [3.05, 3.63) is 71.4 Å². The van der Waals surface area contributed by atoms with Gasteiger partial charge in [-0.05, 0) is 29.8 Å². The number of nitrogens with zero attached hydrogens (tertiary/aromatic N) is 1. The van der Waals surface area contributed by atoms with Gasteiger partial charge in [-0.2, -0.15) is 0 Å². The molecule has 1 aromatic heterocycles. The molecule has 0 unspecified atom stereocenters. The first-order chi connectivity index (χ1) is 11.2. The number of nitrogens with one attached hydrogen (secondary N) is 1. The largest absolute Gasteiger partial charge is 0.481 e. The third-order valence-corrected chi connectivity index (χ3v) is 3.57. The molecule has 3 rings (SSSR count). The highest BCUT2D eigenvalue weighted by molar-refractivity contribution is 6.30. The molecule has 0 spiro atoms. The summed E-state index contributed by atoms with van der Waals surface area (Å²) in [5.41, 5.74) is 1.69. The van der Waals surface area contributed by atoms with Crippen LogP contribution in [0.4, 0.5) is 0 Å². The molecule has 0 saturated carbocycles. The quantitative estimate of drug-likeness (QED) is 0.779. The lowest BCUT2D eigenvalue weighted by molar-refractivity contribution is -0.123. The molecule has 1 N–H and O–H groups in total. The van der Waals surface area contributed by atoms with Crippen LogP contribution in [0, 0.1) is 0 Å². The van der Waals surface area contributed by atoms with Crippen molar-refractivity contribution >= 4 is 28.4 Å². The number of fused-ring (bicyclic) bond motifs is 1. The number of hydrogen-bond donors (Lipinski definition) is 1. The number of benzene rings is 2. The number of halogens is 1. The molecular weight excluding hydrogens is 312 g/mol. The first-order valence-electron chi connectivity index (χ1n) is 7.20. The molecule has 5 heteroatoms. The molecule has 0 aliphatic heterocycles. The third kappa shape index (κ3) is 3.99. The SMILES string of the molecule is O=C(COc1cccc2cccnc12)NCc1cccc(Cl)c1. The average Bonchev–Trinajstić information content (AvgIpc) is 2.58. The Kier molecular flexibility index (Phi) is 4.74. The summed E-state index contributed by atoms with van der Waals surface area (Å²) >= 11 is 5.91. The molecule has 2 aromatic carbocycles. The molecule has 4 nitrogen and oxygen atoms in total. The van der Waals surface area contributed by atoms with Crippen molar-refractivity contribution in [2.75, 3.05) is 6.61 Å². The smallest absolute Gasteiger partial charge is 0.258 e. The number of aromatic nitrogens is 1. The van der Waals surface area contributed by atoms with Gasteiger partial charge in [-0.25, -0.2) is 0 Å². The van der Waals surface area contributed by atoms with E-state index in [1.165, 1.54) is 0 Å². The van der Waals surface area contributed by atoms with Gasteiger partial charge in [0.1, 0.15) is 11.3 Å². The molecule has 0 aliphatic carbocycles. The lowest BCUT2D eigenvalue weighted by Crippen LogP contribution is -2.28. The van der Waals surface area contributed by atoms with E-state index in [-0.39, 0.29) is 12.5 Å². The van der Waals surface area contributed by atoms with Crippen LogP contribution in [0.2, 0.25) is 5.02 Å². The average molecular weight is 327 g/mol. The number of amides is 1. The van der Waals surface area contributed by atoms with Crippen molar-refractivity contribution in [1.29, 1.82) is 0 Å². The fourth-order valence-corrected chi connectivity index (χ4v) is 2.45. The molecule has 0 bridgehead atoms. The number of rotatable bonds is 5. The molecule has 0 atom stereocenters. The van der Waals surface area contributed by atoms with Crippen molar-refractivity contribution in [3.8, 4) is 5.75 Å². The van der Waals surface area contributed by atoms with Gasteiger partial charge in [0.15, 0.2) is 6.61 Å². The lowest BCUT2D eigenvalue weighted by atomic mass is 10.2. The lowest BCUT2D eigenvalue weighted by Gasteiger charge is -2.09. The highest BCUT2D eigenvalue weighted by Gasteiger charge is 2.06. The zero-order valence-electron chi connectivity index (χ0n) is 12.3. The number of carbonyl (C=O) groups excluding carboxylic acids is 1. The van der Waals surface area contributed by atoms with Crippen LogP contribution in [0.3, 0.4) is 0 Å². The van der Waals surface area contributed by atoms with Gasteiger partial charge < -0.3 is 10.1 Å². The summed E-state index contributed by atoms with van der Waals surface area (Å²) < 4.78 is 5.59. The molecule has 116 valence electrons. The topological polar surface area (TPSA) is 51.2 Å².